The predicted octanol–water partition coefficient (Wildman–Crippen LogP) is 0.559. The average Bonchev–Trinajstić information content (AvgIpc) is 2.77. The maximum atomic E-state index is 12.7. The number of nitrogens with two attached hydrogens (primary N) is 1. The number of guanidine groups is 1. The Labute approximate surface area is 187 Å². The molecule has 5 N–H and O–H groups in total. The standard InChI is InChI=1S/C20H24F3N7O3/c1-12-8-27-17(25-7-6-13-2-4-14(5-3-13)20(21,22)23)18(32)30(12)11-16(31)26-9-15-10-28-19(24)29-33-15/h2-5,8,15H,6-7,9-11H2,1H3,(H,25,27)(H,26,31)(H3,24,28,29). The summed E-state index contributed by atoms with van der Waals surface area (Å²) in [5.41, 5.74) is 7.82. The summed E-state index contributed by atoms with van der Waals surface area (Å²) in [5, 5.41) is 5.56. The lowest BCUT2D eigenvalue weighted by molar-refractivity contribution is -0.137. The number of anilines is 1. The van der Waals surface area contributed by atoms with Gasteiger partial charge in [0.2, 0.25) is 11.9 Å². The van der Waals surface area contributed by atoms with Gasteiger partial charge in [-0.15, -0.1) is 0 Å². The molecule has 13 heteroatoms. The van der Waals surface area contributed by atoms with E-state index in [1.807, 2.05) is 0 Å². The second-order valence-electron chi connectivity index (χ2n) is 7.38. The molecule has 33 heavy (non-hydrogen) atoms. The Balaban J connectivity index is 1.54. The van der Waals surface area contributed by atoms with Crippen LogP contribution in [0.1, 0.15) is 16.8 Å². The zero-order valence-corrected chi connectivity index (χ0v) is 17.8. The van der Waals surface area contributed by atoms with Gasteiger partial charge in [-0.05, 0) is 31.0 Å². The Morgan fingerprint density at radius 1 is 1.33 bits per heavy atom. The van der Waals surface area contributed by atoms with E-state index in [9.17, 15) is 22.8 Å². The molecule has 3 rings (SSSR count). The van der Waals surface area contributed by atoms with Crippen molar-refractivity contribution >= 4 is 17.7 Å². The summed E-state index contributed by atoms with van der Waals surface area (Å²) in [5.74, 6) is -0.187. The van der Waals surface area contributed by atoms with E-state index in [4.69, 9.17) is 10.6 Å². The second kappa shape index (κ2) is 10.3. The zero-order chi connectivity index (χ0) is 24.0. The molecule has 1 atom stereocenters. The highest BCUT2D eigenvalue weighted by molar-refractivity contribution is 5.77. The number of carbonyl (C=O) groups excluding carboxylic acids is 1. The van der Waals surface area contributed by atoms with Gasteiger partial charge in [-0.1, -0.05) is 12.1 Å². The third-order valence-electron chi connectivity index (χ3n) is 4.87. The van der Waals surface area contributed by atoms with E-state index in [2.05, 4.69) is 26.1 Å². The Morgan fingerprint density at radius 3 is 2.70 bits per heavy atom. The maximum Gasteiger partial charge on any atom is 0.416 e. The van der Waals surface area contributed by atoms with Gasteiger partial charge >= 0.3 is 6.18 Å². The Morgan fingerprint density at radius 2 is 2.06 bits per heavy atom. The van der Waals surface area contributed by atoms with Crippen LogP contribution in [0, 0.1) is 6.92 Å². The van der Waals surface area contributed by atoms with Crippen LogP contribution in [0.4, 0.5) is 19.0 Å². The molecule has 0 bridgehead atoms. The number of hydroxylamine groups is 1. The number of rotatable bonds is 8. The van der Waals surface area contributed by atoms with Crippen LogP contribution in [0.2, 0.25) is 0 Å². The molecule has 0 saturated carbocycles. The van der Waals surface area contributed by atoms with Crippen molar-refractivity contribution in [3.8, 4) is 0 Å². The fourth-order valence-electron chi connectivity index (χ4n) is 3.02. The summed E-state index contributed by atoms with van der Waals surface area (Å²) in [6.07, 6.45) is -2.93. The quantitative estimate of drug-likeness (QED) is 0.445. The van der Waals surface area contributed by atoms with E-state index in [1.54, 1.807) is 6.92 Å². The average molecular weight is 467 g/mol. The Bertz CT molecular complexity index is 1070. The van der Waals surface area contributed by atoms with Gasteiger partial charge in [-0.2, -0.15) is 13.2 Å². The van der Waals surface area contributed by atoms with Crippen LogP contribution in [-0.4, -0.2) is 47.2 Å². The van der Waals surface area contributed by atoms with Gasteiger partial charge in [-0.3, -0.25) is 19.0 Å². The molecule has 1 aromatic heterocycles. The molecular weight excluding hydrogens is 443 g/mol. The van der Waals surface area contributed by atoms with E-state index >= 15 is 0 Å². The minimum absolute atomic E-state index is 0.0462. The van der Waals surface area contributed by atoms with E-state index in [0.717, 1.165) is 12.1 Å². The molecule has 1 unspecified atom stereocenters. The van der Waals surface area contributed by atoms with E-state index in [-0.39, 0.29) is 37.5 Å². The highest BCUT2D eigenvalue weighted by atomic mass is 19.4. The number of benzene rings is 1. The van der Waals surface area contributed by atoms with Gasteiger partial charge in [0.05, 0.1) is 12.1 Å². The van der Waals surface area contributed by atoms with Crippen LogP contribution >= 0.6 is 0 Å². The molecule has 1 aliphatic rings. The molecule has 1 aromatic carbocycles. The normalized spacial score (nSPS) is 16.0. The van der Waals surface area contributed by atoms with Crippen LogP contribution in [0.25, 0.3) is 0 Å². The number of nitrogens with zero attached hydrogens (tertiary/aromatic N) is 3. The summed E-state index contributed by atoms with van der Waals surface area (Å²) in [4.78, 5) is 38.3. The fraction of sp³-hybridized carbons (Fsp3) is 0.400. The first-order valence-corrected chi connectivity index (χ1v) is 10.1. The molecule has 0 radical (unpaired) electrons. The number of carbonyl (C=O) groups is 1. The third-order valence-corrected chi connectivity index (χ3v) is 4.87. The topological polar surface area (TPSA) is 136 Å². The summed E-state index contributed by atoms with van der Waals surface area (Å²) in [7, 11) is 0. The lowest BCUT2D eigenvalue weighted by atomic mass is 10.1. The largest absolute Gasteiger partial charge is 0.416 e. The molecule has 0 aliphatic carbocycles. The van der Waals surface area contributed by atoms with Gasteiger partial charge < -0.3 is 16.4 Å². The van der Waals surface area contributed by atoms with E-state index in [1.165, 1.54) is 22.9 Å². The molecule has 10 nitrogen and oxygen atoms in total. The molecule has 1 amide bonds. The molecule has 2 heterocycles. The van der Waals surface area contributed by atoms with Crippen molar-refractivity contribution in [3.05, 3.63) is 57.6 Å². The third kappa shape index (κ3) is 6.68. The minimum atomic E-state index is -4.39. The summed E-state index contributed by atoms with van der Waals surface area (Å²) in [6.45, 7) is 2.18. The first kappa shape index (κ1) is 24.0. The van der Waals surface area contributed by atoms with Gasteiger partial charge in [0.15, 0.2) is 5.82 Å². The highest BCUT2D eigenvalue weighted by Gasteiger charge is 2.29. The maximum absolute atomic E-state index is 12.7. The molecule has 2 aromatic rings. The van der Waals surface area contributed by atoms with Crippen molar-refractivity contribution < 1.29 is 22.8 Å². The number of aryl methyl sites for hydroxylation is 1. The molecule has 1 aliphatic heterocycles. The lowest BCUT2D eigenvalue weighted by Crippen LogP contribution is -2.46. The smallest absolute Gasteiger partial charge is 0.368 e. The Kier molecular flexibility index (Phi) is 7.53. The van der Waals surface area contributed by atoms with Crippen molar-refractivity contribution in [3.63, 3.8) is 0 Å². The number of nitrogens with one attached hydrogen (secondary N) is 3. The van der Waals surface area contributed by atoms with Crippen molar-refractivity contribution in [1.82, 2.24) is 20.3 Å². The van der Waals surface area contributed by atoms with E-state index in [0.29, 0.717) is 24.2 Å². The number of halogens is 3. The predicted molar refractivity (Wildman–Crippen MR) is 114 cm³/mol. The van der Waals surface area contributed by atoms with Crippen molar-refractivity contribution in [2.75, 3.05) is 25.0 Å². The van der Waals surface area contributed by atoms with Crippen molar-refractivity contribution in [2.24, 2.45) is 10.7 Å². The molecule has 0 spiro atoms. The highest BCUT2D eigenvalue weighted by Crippen LogP contribution is 2.29. The van der Waals surface area contributed by atoms with Crippen LogP contribution in [0.15, 0.2) is 40.2 Å². The second-order valence-corrected chi connectivity index (χ2v) is 7.38. The lowest BCUT2D eigenvalue weighted by Gasteiger charge is -2.21. The molecule has 0 saturated heterocycles. The number of hydrogen-bond acceptors (Lipinski definition) is 8. The van der Waals surface area contributed by atoms with Crippen LogP contribution in [-0.2, 0) is 28.8 Å². The summed E-state index contributed by atoms with van der Waals surface area (Å²) in [6, 6.07) is 4.81. The van der Waals surface area contributed by atoms with E-state index < -0.39 is 23.2 Å². The number of aromatic nitrogens is 2. The van der Waals surface area contributed by atoms with Crippen LogP contribution in [0.3, 0.4) is 0 Å². The van der Waals surface area contributed by atoms with Crippen LogP contribution in [0.5, 0.6) is 0 Å². The SMILES string of the molecule is Cc1cnc(NCCc2ccc(C(F)(F)F)cc2)c(=O)n1CC(=O)NCC1CN=C(N)NO1. The van der Waals surface area contributed by atoms with Crippen LogP contribution < -0.4 is 27.4 Å². The van der Waals surface area contributed by atoms with Gasteiger partial charge in [0.1, 0.15) is 12.6 Å². The monoisotopic (exact) mass is 467 g/mol. The van der Waals surface area contributed by atoms with Gasteiger partial charge in [-0.25, -0.2) is 15.5 Å². The minimum Gasteiger partial charge on any atom is -0.368 e. The first-order valence-electron chi connectivity index (χ1n) is 10.1. The first-order chi connectivity index (χ1) is 15.6. The van der Waals surface area contributed by atoms with Crippen molar-refractivity contribution in [1.29, 1.82) is 0 Å². The number of hydrogen-bond donors (Lipinski definition) is 4. The fourth-order valence-corrected chi connectivity index (χ4v) is 3.02. The summed E-state index contributed by atoms with van der Waals surface area (Å²) >= 11 is 0. The molecule has 178 valence electrons. The number of alkyl halides is 3. The summed E-state index contributed by atoms with van der Waals surface area (Å²) < 4.78 is 39.2. The zero-order valence-electron chi connectivity index (χ0n) is 17.8. The molecule has 0 fully saturated rings. The molecular formula is C20H24F3N7O3. The number of amides is 1. The van der Waals surface area contributed by atoms with Gasteiger partial charge in [0.25, 0.3) is 5.56 Å². The Hall–Kier alpha value is -3.61. The number of aliphatic imine (C=N–C) groups is 1. The van der Waals surface area contributed by atoms with Gasteiger partial charge in [0, 0.05) is 25.0 Å². The van der Waals surface area contributed by atoms with Crippen molar-refractivity contribution in [2.45, 2.75) is 32.2 Å².